The molecule has 3 nitrogen and oxygen atoms in total. The Hall–Kier alpha value is -0.980. The first-order valence-corrected chi connectivity index (χ1v) is 6.68. The van der Waals surface area contributed by atoms with E-state index in [0.717, 1.165) is 13.1 Å². The molecule has 0 aliphatic carbocycles. The number of nitrogens with zero attached hydrogens (tertiary/aromatic N) is 1. The van der Waals surface area contributed by atoms with Gasteiger partial charge in [0.05, 0.1) is 7.11 Å². The topological polar surface area (TPSA) is 24.5 Å². The molecule has 1 heterocycles. The van der Waals surface area contributed by atoms with Crippen LogP contribution in [0.15, 0.2) is 18.2 Å². The predicted molar refractivity (Wildman–Crippen MR) is 78.0 cm³/mol. The highest BCUT2D eigenvalue weighted by molar-refractivity contribution is 5.85. The lowest BCUT2D eigenvalue weighted by Crippen LogP contribution is -2.45. The molecule has 1 aliphatic heterocycles. The van der Waals surface area contributed by atoms with Crippen LogP contribution in [0.4, 0.5) is 13.2 Å². The van der Waals surface area contributed by atoms with Gasteiger partial charge in [-0.2, -0.15) is 0 Å². The van der Waals surface area contributed by atoms with Gasteiger partial charge in [-0.25, -0.2) is 13.2 Å². The summed E-state index contributed by atoms with van der Waals surface area (Å²) in [4.78, 5) is 1.90. The van der Waals surface area contributed by atoms with Crippen LogP contribution in [0.25, 0.3) is 0 Å². The monoisotopic (exact) mass is 324 g/mol. The zero-order valence-corrected chi connectivity index (χ0v) is 12.6. The van der Waals surface area contributed by atoms with Gasteiger partial charge in [0, 0.05) is 44.2 Å². The van der Waals surface area contributed by atoms with Gasteiger partial charge in [0.25, 0.3) is 0 Å². The van der Waals surface area contributed by atoms with Crippen molar-refractivity contribution in [3.05, 3.63) is 29.6 Å². The molecule has 0 saturated carbocycles. The van der Waals surface area contributed by atoms with E-state index in [-0.39, 0.29) is 24.4 Å². The zero-order chi connectivity index (χ0) is 14.5. The number of ether oxygens (including phenoxy) is 1. The Morgan fingerprint density at radius 3 is 2.52 bits per heavy atom. The molecule has 2 rings (SSSR count). The van der Waals surface area contributed by atoms with Crippen LogP contribution in [0.5, 0.6) is 5.75 Å². The Morgan fingerprint density at radius 2 is 1.95 bits per heavy atom. The minimum Gasteiger partial charge on any atom is -0.497 e. The van der Waals surface area contributed by atoms with Crippen LogP contribution in [0.1, 0.15) is 18.0 Å². The smallest absolute Gasteiger partial charge is 0.240 e. The molecule has 0 aromatic heterocycles. The van der Waals surface area contributed by atoms with Crippen LogP contribution in [-0.4, -0.2) is 44.6 Å². The first-order valence-electron chi connectivity index (χ1n) is 6.68. The number of benzene rings is 1. The molecular weight excluding hydrogens is 305 g/mol. The summed E-state index contributed by atoms with van der Waals surface area (Å²) in [5.41, 5.74) is 0.284. The lowest BCUT2D eigenvalue weighted by atomic mass is 10.00. The molecule has 120 valence electrons. The van der Waals surface area contributed by atoms with Gasteiger partial charge in [0.2, 0.25) is 6.43 Å². The molecule has 0 bridgehead atoms. The number of nitrogens with one attached hydrogen (secondary N) is 1. The van der Waals surface area contributed by atoms with E-state index < -0.39 is 18.3 Å². The summed E-state index contributed by atoms with van der Waals surface area (Å²) in [7, 11) is 1.48. The van der Waals surface area contributed by atoms with Crippen LogP contribution in [0.3, 0.4) is 0 Å². The lowest BCUT2D eigenvalue weighted by molar-refractivity contribution is 0.0724. The van der Waals surface area contributed by atoms with Crippen molar-refractivity contribution in [2.24, 2.45) is 0 Å². The second kappa shape index (κ2) is 8.46. The molecule has 1 atom stereocenters. The number of methoxy groups -OCH3 is 1. The van der Waals surface area contributed by atoms with Crippen LogP contribution in [-0.2, 0) is 0 Å². The first kappa shape index (κ1) is 18.1. The van der Waals surface area contributed by atoms with Crippen LogP contribution in [0, 0.1) is 5.82 Å². The minimum absolute atomic E-state index is 0. The molecule has 1 saturated heterocycles. The molecule has 1 aliphatic rings. The standard InChI is InChI=1S/C14H19F3N2O.ClH/c1-20-10-2-3-12(15)11(8-10)13(9-14(16)17)19-6-4-18-5-7-19;/h2-3,8,13-14,18H,4-7,9H2,1H3;1H/t13-;/m0./s1. The van der Waals surface area contributed by atoms with Crippen molar-refractivity contribution in [2.45, 2.75) is 18.9 Å². The summed E-state index contributed by atoms with van der Waals surface area (Å²) in [6, 6.07) is 3.67. The molecule has 0 radical (unpaired) electrons. The Labute approximate surface area is 128 Å². The number of halogens is 4. The average molecular weight is 325 g/mol. The number of alkyl halides is 2. The number of rotatable bonds is 5. The van der Waals surface area contributed by atoms with Crippen molar-refractivity contribution in [1.29, 1.82) is 0 Å². The van der Waals surface area contributed by atoms with Gasteiger partial charge >= 0.3 is 0 Å². The fourth-order valence-electron chi connectivity index (χ4n) is 2.54. The van der Waals surface area contributed by atoms with E-state index in [1.165, 1.54) is 25.3 Å². The van der Waals surface area contributed by atoms with Crippen molar-refractivity contribution in [3.8, 4) is 5.75 Å². The molecule has 1 fully saturated rings. The fraction of sp³-hybridized carbons (Fsp3) is 0.571. The highest BCUT2D eigenvalue weighted by Gasteiger charge is 2.27. The normalized spacial score (nSPS) is 17.4. The maximum atomic E-state index is 14.0. The Balaban J connectivity index is 0.00000220. The quantitative estimate of drug-likeness (QED) is 0.901. The fourth-order valence-corrected chi connectivity index (χ4v) is 2.54. The maximum absolute atomic E-state index is 14.0. The Morgan fingerprint density at radius 1 is 1.29 bits per heavy atom. The van der Waals surface area contributed by atoms with E-state index in [1.54, 1.807) is 0 Å². The highest BCUT2D eigenvalue weighted by Crippen LogP contribution is 2.31. The van der Waals surface area contributed by atoms with E-state index in [1.807, 2.05) is 4.90 Å². The summed E-state index contributed by atoms with van der Waals surface area (Å²) < 4.78 is 44.8. The molecule has 1 aromatic rings. The highest BCUT2D eigenvalue weighted by atomic mass is 35.5. The molecule has 0 unspecified atom stereocenters. The van der Waals surface area contributed by atoms with Crippen molar-refractivity contribution in [3.63, 3.8) is 0 Å². The summed E-state index contributed by atoms with van der Waals surface area (Å²) in [5, 5.41) is 3.16. The largest absolute Gasteiger partial charge is 0.497 e. The van der Waals surface area contributed by atoms with Crippen molar-refractivity contribution in [2.75, 3.05) is 33.3 Å². The third-order valence-corrected chi connectivity index (χ3v) is 3.56. The van der Waals surface area contributed by atoms with Crippen LogP contribution >= 0.6 is 12.4 Å². The third kappa shape index (κ3) is 4.76. The molecule has 21 heavy (non-hydrogen) atoms. The molecular formula is C14H20ClF3N2O. The second-order valence-electron chi connectivity index (χ2n) is 4.82. The van der Waals surface area contributed by atoms with E-state index in [2.05, 4.69) is 5.32 Å². The maximum Gasteiger partial charge on any atom is 0.240 e. The van der Waals surface area contributed by atoms with E-state index >= 15 is 0 Å². The summed E-state index contributed by atoms with van der Waals surface area (Å²) in [6.07, 6.45) is -2.84. The van der Waals surface area contributed by atoms with Crippen molar-refractivity contribution >= 4 is 12.4 Å². The van der Waals surface area contributed by atoms with Crippen molar-refractivity contribution in [1.82, 2.24) is 10.2 Å². The summed E-state index contributed by atoms with van der Waals surface area (Å²) in [5.74, 6) is 0.0192. The molecule has 7 heteroatoms. The van der Waals surface area contributed by atoms with Gasteiger partial charge in [-0.15, -0.1) is 12.4 Å². The van der Waals surface area contributed by atoms with E-state index in [0.29, 0.717) is 18.8 Å². The molecule has 1 N–H and O–H groups in total. The molecule has 0 amide bonds. The van der Waals surface area contributed by atoms with Gasteiger partial charge in [-0.3, -0.25) is 4.90 Å². The first-order chi connectivity index (χ1) is 9.61. The Kier molecular flexibility index (Phi) is 7.28. The summed E-state index contributed by atoms with van der Waals surface area (Å²) in [6.45, 7) is 2.72. The lowest BCUT2D eigenvalue weighted by Gasteiger charge is -2.35. The van der Waals surface area contributed by atoms with E-state index in [9.17, 15) is 13.2 Å². The summed E-state index contributed by atoms with van der Waals surface area (Å²) >= 11 is 0. The average Bonchev–Trinajstić information content (AvgIpc) is 2.46. The molecule has 0 spiro atoms. The van der Waals surface area contributed by atoms with Gasteiger partial charge in [0.1, 0.15) is 11.6 Å². The van der Waals surface area contributed by atoms with Gasteiger partial charge in [-0.05, 0) is 18.2 Å². The van der Waals surface area contributed by atoms with E-state index in [4.69, 9.17) is 4.74 Å². The van der Waals surface area contributed by atoms with Gasteiger partial charge in [0.15, 0.2) is 0 Å². The van der Waals surface area contributed by atoms with Crippen LogP contribution < -0.4 is 10.1 Å². The third-order valence-electron chi connectivity index (χ3n) is 3.56. The number of piperazine rings is 1. The second-order valence-corrected chi connectivity index (χ2v) is 4.82. The number of hydrogen-bond acceptors (Lipinski definition) is 3. The minimum atomic E-state index is -2.47. The predicted octanol–water partition coefficient (Wildman–Crippen LogP) is 2.86. The van der Waals surface area contributed by atoms with Gasteiger partial charge < -0.3 is 10.1 Å². The van der Waals surface area contributed by atoms with Gasteiger partial charge in [-0.1, -0.05) is 0 Å². The molecule has 1 aromatic carbocycles. The van der Waals surface area contributed by atoms with Crippen LogP contribution in [0.2, 0.25) is 0 Å². The Bertz CT molecular complexity index is 442. The number of hydrogen-bond donors (Lipinski definition) is 1. The SMILES string of the molecule is COc1ccc(F)c([C@H](CC(F)F)N2CCNCC2)c1.Cl. The zero-order valence-electron chi connectivity index (χ0n) is 11.8. The van der Waals surface area contributed by atoms with Crippen molar-refractivity contribution < 1.29 is 17.9 Å².